The topological polar surface area (TPSA) is 9.23 Å². The van der Waals surface area contributed by atoms with Crippen LogP contribution in [-0.2, 0) is 5.41 Å². The van der Waals surface area contributed by atoms with E-state index in [1.807, 2.05) is 6.07 Å². The van der Waals surface area contributed by atoms with Crippen molar-refractivity contribution in [2.45, 2.75) is 46.0 Å². The van der Waals surface area contributed by atoms with Gasteiger partial charge in [0.15, 0.2) is 0 Å². The largest absolute Gasteiger partial charge is 0.493 e. The van der Waals surface area contributed by atoms with Gasteiger partial charge in [0.05, 0.1) is 6.61 Å². The molecule has 0 spiro atoms. The van der Waals surface area contributed by atoms with Crippen molar-refractivity contribution in [1.82, 2.24) is 0 Å². The van der Waals surface area contributed by atoms with E-state index in [0.29, 0.717) is 5.92 Å². The molecule has 0 radical (unpaired) electrons. The van der Waals surface area contributed by atoms with E-state index in [4.69, 9.17) is 4.74 Å². The predicted molar refractivity (Wildman–Crippen MR) is 82.8 cm³/mol. The molecule has 1 atom stereocenters. The summed E-state index contributed by atoms with van der Waals surface area (Å²) in [6, 6.07) is 8.46. The Morgan fingerprint density at radius 3 is 2.56 bits per heavy atom. The summed E-state index contributed by atoms with van der Waals surface area (Å²) in [6.45, 7) is 9.70. The third kappa shape index (κ3) is 5.01. The van der Waals surface area contributed by atoms with Gasteiger partial charge in [-0.25, -0.2) is 0 Å². The highest BCUT2D eigenvalue weighted by atomic mass is 79.9. The van der Waals surface area contributed by atoms with E-state index in [1.54, 1.807) is 0 Å². The number of rotatable bonds is 6. The highest BCUT2D eigenvalue weighted by molar-refractivity contribution is 9.09. The zero-order valence-electron chi connectivity index (χ0n) is 12.0. The second-order valence-corrected chi connectivity index (χ2v) is 6.55. The van der Waals surface area contributed by atoms with Gasteiger partial charge in [0.2, 0.25) is 0 Å². The Kier molecular flexibility index (Phi) is 6.20. The fraction of sp³-hybridized carbons (Fsp3) is 0.625. The molecule has 1 aromatic carbocycles. The minimum atomic E-state index is 0.178. The predicted octanol–water partition coefficient (Wildman–Crippen LogP) is 5.17. The molecule has 102 valence electrons. The molecule has 1 aromatic rings. The van der Waals surface area contributed by atoms with Crippen LogP contribution in [0.3, 0.4) is 0 Å². The fourth-order valence-electron chi connectivity index (χ4n) is 1.88. The molecule has 0 amide bonds. The molecular weight excluding hydrogens is 288 g/mol. The van der Waals surface area contributed by atoms with Crippen molar-refractivity contribution >= 4 is 15.9 Å². The van der Waals surface area contributed by atoms with Gasteiger partial charge in [0.25, 0.3) is 0 Å². The molecule has 0 aliphatic rings. The maximum absolute atomic E-state index is 5.92. The lowest BCUT2D eigenvalue weighted by atomic mass is 9.87. The summed E-state index contributed by atoms with van der Waals surface area (Å²) in [6.07, 6.45) is 2.42. The fourth-order valence-corrected chi connectivity index (χ4v) is 2.39. The van der Waals surface area contributed by atoms with Crippen LogP contribution in [0.15, 0.2) is 24.3 Å². The zero-order valence-corrected chi connectivity index (χ0v) is 13.6. The molecule has 0 aliphatic heterocycles. The molecule has 1 nitrogen and oxygen atoms in total. The molecule has 0 fully saturated rings. The van der Waals surface area contributed by atoms with E-state index in [0.717, 1.165) is 17.7 Å². The number of hydrogen-bond donors (Lipinski definition) is 0. The van der Waals surface area contributed by atoms with Crippen LogP contribution in [0.1, 0.15) is 46.1 Å². The summed E-state index contributed by atoms with van der Waals surface area (Å²) in [5.74, 6) is 1.60. The van der Waals surface area contributed by atoms with Gasteiger partial charge in [-0.15, -0.1) is 0 Å². The monoisotopic (exact) mass is 312 g/mol. The van der Waals surface area contributed by atoms with Crippen LogP contribution >= 0.6 is 15.9 Å². The Morgan fingerprint density at radius 1 is 1.28 bits per heavy atom. The van der Waals surface area contributed by atoms with Crippen molar-refractivity contribution in [1.29, 1.82) is 0 Å². The molecule has 2 heteroatoms. The smallest absolute Gasteiger partial charge is 0.119 e. The first-order valence-electron chi connectivity index (χ1n) is 6.76. The van der Waals surface area contributed by atoms with E-state index in [9.17, 15) is 0 Å². The van der Waals surface area contributed by atoms with Gasteiger partial charge in [-0.3, -0.25) is 0 Å². The van der Waals surface area contributed by atoms with E-state index in [1.165, 1.54) is 18.4 Å². The first-order chi connectivity index (χ1) is 8.47. The van der Waals surface area contributed by atoms with Crippen molar-refractivity contribution in [2.24, 2.45) is 5.92 Å². The number of halogens is 1. The lowest BCUT2D eigenvalue weighted by Gasteiger charge is -2.20. The Balaban J connectivity index is 2.62. The molecule has 1 rings (SSSR count). The normalized spacial score (nSPS) is 13.4. The highest BCUT2D eigenvalue weighted by Gasteiger charge is 2.14. The van der Waals surface area contributed by atoms with Gasteiger partial charge in [-0.05, 0) is 29.5 Å². The Bertz CT molecular complexity index is 354. The lowest BCUT2D eigenvalue weighted by molar-refractivity contribution is 0.254. The number of ether oxygens (including phenoxy) is 1. The van der Waals surface area contributed by atoms with Crippen LogP contribution in [-0.4, -0.2) is 11.9 Å². The number of benzene rings is 1. The first-order valence-corrected chi connectivity index (χ1v) is 7.88. The Labute approximate surface area is 120 Å². The van der Waals surface area contributed by atoms with Gasteiger partial charge in [-0.1, -0.05) is 62.2 Å². The third-order valence-corrected chi connectivity index (χ3v) is 4.02. The van der Waals surface area contributed by atoms with Crippen LogP contribution in [0.4, 0.5) is 0 Å². The average molecular weight is 313 g/mol. The summed E-state index contributed by atoms with van der Waals surface area (Å²) >= 11 is 3.56. The highest BCUT2D eigenvalue weighted by Crippen LogP contribution is 2.26. The van der Waals surface area contributed by atoms with Crippen molar-refractivity contribution in [3.8, 4) is 5.75 Å². The molecule has 0 heterocycles. The van der Waals surface area contributed by atoms with Crippen molar-refractivity contribution in [3.63, 3.8) is 0 Å². The minimum absolute atomic E-state index is 0.178. The van der Waals surface area contributed by atoms with Crippen LogP contribution in [0.5, 0.6) is 5.75 Å². The van der Waals surface area contributed by atoms with Crippen LogP contribution in [0, 0.1) is 5.92 Å². The minimum Gasteiger partial charge on any atom is -0.493 e. The third-order valence-electron chi connectivity index (χ3n) is 3.10. The maximum Gasteiger partial charge on any atom is 0.119 e. The maximum atomic E-state index is 5.92. The second-order valence-electron chi connectivity index (χ2n) is 5.90. The number of alkyl halides is 1. The van der Waals surface area contributed by atoms with Crippen LogP contribution < -0.4 is 4.74 Å². The quantitative estimate of drug-likeness (QED) is 0.658. The zero-order chi connectivity index (χ0) is 13.6. The molecule has 0 aliphatic carbocycles. The van der Waals surface area contributed by atoms with Gasteiger partial charge < -0.3 is 4.74 Å². The molecule has 0 saturated carbocycles. The average Bonchev–Trinajstić information content (AvgIpc) is 2.34. The van der Waals surface area contributed by atoms with Gasteiger partial charge in [0.1, 0.15) is 5.75 Å². The van der Waals surface area contributed by atoms with Crippen LogP contribution in [0.2, 0.25) is 0 Å². The standard InChI is InChI=1S/C16H25BrO/c1-5-7-13(11-17)12-18-15-9-6-8-14(10-15)16(2,3)4/h6,8-10,13H,5,7,11-12H2,1-4H3. The van der Waals surface area contributed by atoms with Gasteiger partial charge in [-0.2, -0.15) is 0 Å². The Morgan fingerprint density at radius 2 is 2.00 bits per heavy atom. The SMILES string of the molecule is CCCC(CBr)COc1cccc(C(C)(C)C)c1. The summed E-state index contributed by atoms with van der Waals surface area (Å²) in [4.78, 5) is 0. The molecule has 0 bridgehead atoms. The lowest BCUT2D eigenvalue weighted by Crippen LogP contribution is -2.14. The molecule has 18 heavy (non-hydrogen) atoms. The molecule has 0 N–H and O–H groups in total. The summed E-state index contributed by atoms with van der Waals surface area (Å²) in [7, 11) is 0. The Hall–Kier alpha value is -0.500. The summed E-state index contributed by atoms with van der Waals surface area (Å²) < 4.78 is 5.92. The van der Waals surface area contributed by atoms with E-state index in [-0.39, 0.29) is 5.41 Å². The molecule has 0 aromatic heterocycles. The van der Waals surface area contributed by atoms with Crippen molar-refractivity contribution in [3.05, 3.63) is 29.8 Å². The van der Waals surface area contributed by atoms with Crippen molar-refractivity contribution in [2.75, 3.05) is 11.9 Å². The van der Waals surface area contributed by atoms with E-state index < -0.39 is 0 Å². The molecular formula is C16H25BrO. The molecule has 0 saturated heterocycles. The van der Waals surface area contributed by atoms with E-state index in [2.05, 4.69) is 61.8 Å². The van der Waals surface area contributed by atoms with Gasteiger partial charge >= 0.3 is 0 Å². The first kappa shape index (κ1) is 15.6. The summed E-state index contributed by atoms with van der Waals surface area (Å²) in [5.41, 5.74) is 1.50. The molecule has 1 unspecified atom stereocenters. The van der Waals surface area contributed by atoms with Crippen molar-refractivity contribution < 1.29 is 4.74 Å². The number of hydrogen-bond acceptors (Lipinski definition) is 1. The summed E-state index contributed by atoms with van der Waals surface area (Å²) in [5, 5.41) is 1.01. The van der Waals surface area contributed by atoms with Crippen LogP contribution in [0.25, 0.3) is 0 Å². The van der Waals surface area contributed by atoms with Gasteiger partial charge in [0, 0.05) is 11.2 Å². The van der Waals surface area contributed by atoms with E-state index >= 15 is 0 Å². The second kappa shape index (κ2) is 7.18.